The molecule has 0 aliphatic rings. The van der Waals surface area contributed by atoms with Crippen LogP contribution in [0, 0.1) is 6.92 Å². The Kier molecular flexibility index (Phi) is 6.41. The number of hydrogen-bond donors (Lipinski definition) is 2. The summed E-state index contributed by atoms with van der Waals surface area (Å²) in [4.78, 5) is 30.5. The molecule has 0 saturated carbocycles. The summed E-state index contributed by atoms with van der Waals surface area (Å²) in [6.45, 7) is 1.96. The van der Waals surface area contributed by atoms with Gasteiger partial charge in [-0.05, 0) is 40.3 Å². The normalized spacial score (nSPS) is 11.1. The lowest BCUT2D eigenvalue weighted by molar-refractivity contribution is 0.102. The molecule has 1 amide bonds. The minimum absolute atomic E-state index is 0.137. The van der Waals surface area contributed by atoms with Gasteiger partial charge in [-0.25, -0.2) is 4.98 Å². The van der Waals surface area contributed by atoms with Gasteiger partial charge in [-0.1, -0.05) is 26.6 Å². The summed E-state index contributed by atoms with van der Waals surface area (Å²) >= 11 is 4.83. The van der Waals surface area contributed by atoms with E-state index in [4.69, 9.17) is 5.73 Å². The number of nitrogens with two attached hydrogens (primary N) is 1. The van der Waals surface area contributed by atoms with Gasteiger partial charge in [-0.2, -0.15) is 9.78 Å². The van der Waals surface area contributed by atoms with Crippen LogP contribution in [0.15, 0.2) is 39.8 Å². The fourth-order valence-electron chi connectivity index (χ4n) is 2.88. The number of hydrogen-bond acceptors (Lipinski definition) is 8. The third-order valence-electron chi connectivity index (χ3n) is 4.38. The Hall–Kier alpha value is -1.96. The Morgan fingerprint density at radius 2 is 2.03 bits per heavy atom. The fourth-order valence-corrected chi connectivity index (χ4v) is 5.36. The van der Waals surface area contributed by atoms with Gasteiger partial charge in [0.25, 0.3) is 11.5 Å². The molecule has 0 atom stereocenters. The summed E-state index contributed by atoms with van der Waals surface area (Å²) in [5.74, 6) is 0.526. The molecule has 4 aromatic rings. The van der Waals surface area contributed by atoms with E-state index in [-0.39, 0.29) is 11.3 Å². The number of halogens is 1. The molecule has 0 radical (unpaired) electrons. The van der Waals surface area contributed by atoms with Crippen LogP contribution in [0.25, 0.3) is 16.5 Å². The van der Waals surface area contributed by atoms with E-state index in [0.717, 1.165) is 23.4 Å². The number of carbonyl (C=O) groups is 1. The average Bonchev–Trinajstić information content (AvgIpc) is 3.34. The molecule has 154 valence electrons. The third kappa shape index (κ3) is 4.24. The van der Waals surface area contributed by atoms with E-state index in [2.05, 4.69) is 36.6 Å². The van der Waals surface area contributed by atoms with Crippen LogP contribution in [0.5, 0.6) is 0 Å². The van der Waals surface area contributed by atoms with Crippen molar-refractivity contribution >= 4 is 79.6 Å². The number of anilines is 2. The van der Waals surface area contributed by atoms with Crippen LogP contribution in [0.3, 0.4) is 0 Å². The number of nitrogens with zero attached hydrogens (tertiary/aromatic N) is 3. The molecule has 1 aromatic carbocycles. The van der Waals surface area contributed by atoms with E-state index >= 15 is 0 Å². The number of benzene rings is 1. The zero-order valence-corrected chi connectivity index (χ0v) is 20.3. The van der Waals surface area contributed by atoms with Crippen molar-refractivity contribution in [2.75, 3.05) is 16.8 Å². The van der Waals surface area contributed by atoms with Gasteiger partial charge < -0.3 is 5.73 Å². The molecule has 0 spiro atoms. The predicted octanol–water partition coefficient (Wildman–Crippen LogP) is 4.67. The molecule has 4 rings (SSSR count). The monoisotopic (exact) mass is 569 g/mol. The fraction of sp³-hybridized carbons (Fsp3) is 0.158. The molecule has 0 saturated heterocycles. The number of aryl methyl sites for hydroxylation is 2. The van der Waals surface area contributed by atoms with Gasteiger partial charge in [0.15, 0.2) is 10.8 Å². The summed E-state index contributed by atoms with van der Waals surface area (Å²) in [7, 11) is 1.72. The zero-order valence-electron chi connectivity index (χ0n) is 15.7. The van der Waals surface area contributed by atoms with Crippen LogP contribution < -0.4 is 16.6 Å². The standard InChI is InChI=1S/C19H16IN5O2S3/c1-10-2-4-12(5-3-10)25-18(27)14-13(9-28-16(14)21)15(24-25)17(26)23-19-22-11(8-29-19)6-7-30-20/h2-5,8-9H,6-7,21H2,1H3,(H,22,23,26). The molecule has 7 nitrogen and oxygen atoms in total. The van der Waals surface area contributed by atoms with Crippen molar-refractivity contribution in [3.05, 3.63) is 62.3 Å². The van der Waals surface area contributed by atoms with Crippen LogP contribution in [0.4, 0.5) is 10.1 Å². The summed E-state index contributed by atoms with van der Waals surface area (Å²) in [5, 5.41) is 12.4. The summed E-state index contributed by atoms with van der Waals surface area (Å²) in [6.07, 6.45) is 0.835. The summed E-state index contributed by atoms with van der Waals surface area (Å²) in [6, 6.07) is 7.35. The molecule has 0 bridgehead atoms. The van der Waals surface area contributed by atoms with E-state index < -0.39 is 5.91 Å². The Balaban J connectivity index is 1.75. The molecular weight excluding hydrogens is 553 g/mol. The van der Waals surface area contributed by atoms with Crippen LogP contribution in [0.1, 0.15) is 21.7 Å². The third-order valence-corrected chi connectivity index (χ3v) is 7.68. The van der Waals surface area contributed by atoms with Crippen molar-refractivity contribution in [3.8, 4) is 5.69 Å². The number of nitrogens with one attached hydrogen (secondary N) is 1. The molecule has 0 aliphatic heterocycles. The predicted molar refractivity (Wildman–Crippen MR) is 135 cm³/mol. The first-order chi connectivity index (χ1) is 14.5. The number of aromatic nitrogens is 3. The minimum Gasteiger partial charge on any atom is -0.390 e. The highest BCUT2D eigenvalue weighted by atomic mass is 127. The highest BCUT2D eigenvalue weighted by molar-refractivity contribution is 14.2. The van der Waals surface area contributed by atoms with Crippen LogP contribution in [0.2, 0.25) is 0 Å². The number of rotatable bonds is 6. The van der Waals surface area contributed by atoms with Crippen molar-refractivity contribution in [3.63, 3.8) is 0 Å². The van der Waals surface area contributed by atoms with E-state index in [1.165, 1.54) is 27.4 Å². The molecule has 0 fully saturated rings. The lowest BCUT2D eigenvalue weighted by Gasteiger charge is -2.09. The smallest absolute Gasteiger partial charge is 0.282 e. The van der Waals surface area contributed by atoms with Gasteiger partial charge in [0.1, 0.15) is 0 Å². The molecule has 3 N–H and O–H groups in total. The topological polar surface area (TPSA) is 103 Å². The molecule has 3 aromatic heterocycles. The average molecular weight is 569 g/mol. The second-order valence-corrected chi connectivity index (χ2v) is 10.7. The highest BCUT2D eigenvalue weighted by Gasteiger charge is 2.21. The molecular formula is C19H16IN5O2S3. The van der Waals surface area contributed by atoms with E-state index in [0.29, 0.717) is 26.6 Å². The number of thiazole rings is 1. The maximum atomic E-state index is 13.0. The number of nitrogen functional groups attached to an aromatic ring is 1. The first-order valence-electron chi connectivity index (χ1n) is 8.84. The van der Waals surface area contributed by atoms with Crippen molar-refractivity contribution in [2.45, 2.75) is 13.3 Å². The molecule has 0 aliphatic carbocycles. The van der Waals surface area contributed by atoms with Crippen molar-refractivity contribution in [1.29, 1.82) is 0 Å². The van der Waals surface area contributed by atoms with Crippen molar-refractivity contribution in [2.24, 2.45) is 0 Å². The Morgan fingerprint density at radius 3 is 2.77 bits per heavy atom. The first kappa shape index (κ1) is 21.3. The zero-order chi connectivity index (χ0) is 21.3. The van der Waals surface area contributed by atoms with Crippen LogP contribution in [-0.4, -0.2) is 26.4 Å². The van der Waals surface area contributed by atoms with Gasteiger partial charge in [-0.3, -0.25) is 14.9 Å². The maximum Gasteiger partial charge on any atom is 0.282 e. The van der Waals surface area contributed by atoms with Gasteiger partial charge in [0.05, 0.1) is 21.8 Å². The Morgan fingerprint density at radius 1 is 1.27 bits per heavy atom. The second-order valence-electron chi connectivity index (χ2n) is 6.45. The highest BCUT2D eigenvalue weighted by Crippen LogP contribution is 2.28. The minimum atomic E-state index is -0.428. The number of thiophene rings is 1. The second kappa shape index (κ2) is 9.04. The lowest BCUT2D eigenvalue weighted by atomic mass is 10.2. The lowest BCUT2D eigenvalue weighted by Crippen LogP contribution is -2.26. The van der Waals surface area contributed by atoms with E-state index in [1.807, 2.05) is 24.4 Å². The van der Waals surface area contributed by atoms with E-state index in [9.17, 15) is 9.59 Å². The SMILES string of the molecule is Cc1ccc(-n2nc(C(=O)Nc3nc(CCSI)cs3)c3csc(N)c3c2=O)cc1. The Labute approximate surface area is 196 Å². The van der Waals surface area contributed by atoms with Crippen molar-refractivity contribution in [1.82, 2.24) is 14.8 Å². The largest absolute Gasteiger partial charge is 0.390 e. The van der Waals surface area contributed by atoms with Gasteiger partial charge >= 0.3 is 0 Å². The quantitative estimate of drug-likeness (QED) is 0.327. The van der Waals surface area contributed by atoms with Crippen molar-refractivity contribution < 1.29 is 4.79 Å². The molecule has 11 heteroatoms. The van der Waals surface area contributed by atoms with Crippen LogP contribution >= 0.6 is 52.8 Å². The number of carbonyl (C=O) groups excluding carboxylic acids is 1. The number of fused-ring (bicyclic) bond motifs is 1. The maximum absolute atomic E-state index is 13.0. The number of amides is 1. The van der Waals surface area contributed by atoms with E-state index in [1.54, 1.807) is 26.4 Å². The molecule has 3 heterocycles. The summed E-state index contributed by atoms with van der Waals surface area (Å²) < 4.78 is 1.23. The summed E-state index contributed by atoms with van der Waals surface area (Å²) in [5.41, 5.74) is 8.40. The van der Waals surface area contributed by atoms with Gasteiger partial charge in [0, 0.05) is 28.3 Å². The molecule has 0 unspecified atom stereocenters. The molecule has 30 heavy (non-hydrogen) atoms. The van der Waals surface area contributed by atoms with Gasteiger partial charge in [-0.15, -0.1) is 22.7 Å². The van der Waals surface area contributed by atoms with Gasteiger partial charge in [0.2, 0.25) is 0 Å². The Bertz CT molecular complexity index is 1280. The van der Waals surface area contributed by atoms with Crippen LogP contribution in [-0.2, 0) is 6.42 Å². The first-order valence-corrected chi connectivity index (χ1v) is 14.1.